The van der Waals surface area contributed by atoms with E-state index in [2.05, 4.69) is 15.8 Å². The number of aromatic hydroxyl groups is 1. The summed E-state index contributed by atoms with van der Waals surface area (Å²) in [5, 5.41) is 17.2. The smallest absolute Gasteiger partial charge is 0.262 e. The van der Waals surface area contributed by atoms with Crippen LogP contribution in [-0.2, 0) is 4.79 Å². The van der Waals surface area contributed by atoms with E-state index in [-0.39, 0.29) is 11.7 Å². The number of methoxy groups -OCH3 is 1. The summed E-state index contributed by atoms with van der Waals surface area (Å²) in [5.74, 6) is 0.120. The minimum Gasteiger partial charge on any atom is -0.504 e. The maximum absolute atomic E-state index is 12.2. The second-order valence-corrected chi connectivity index (χ2v) is 5.72. The molecule has 1 atom stereocenters. The first kappa shape index (κ1) is 18.6. The van der Waals surface area contributed by atoms with Gasteiger partial charge in [0, 0.05) is 10.7 Å². The van der Waals surface area contributed by atoms with Gasteiger partial charge in [0.05, 0.1) is 13.3 Å². The zero-order valence-electron chi connectivity index (χ0n) is 14.0. The average molecular weight is 362 g/mol. The van der Waals surface area contributed by atoms with Gasteiger partial charge in [-0.1, -0.05) is 24.6 Å². The van der Waals surface area contributed by atoms with Crippen LogP contribution in [0.5, 0.6) is 11.5 Å². The van der Waals surface area contributed by atoms with Crippen LogP contribution in [0.25, 0.3) is 0 Å². The van der Waals surface area contributed by atoms with E-state index in [0.29, 0.717) is 22.8 Å². The van der Waals surface area contributed by atoms with Crippen molar-refractivity contribution >= 4 is 29.4 Å². The highest BCUT2D eigenvalue weighted by Gasteiger charge is 2.15. The van der Waals surface area contributed by atoms with Crippen LogP contribution in [-0.4, -0.2) is 30.4 Å². The number of halogens is 1. The van der Waals surface area contributed by atoms with E-state index in [1.165, 1.54) is 19.4 Å². The Kier molecular flexibility index (Phi) is 6.65. The first-order valence-electron chi connectivity index (χ1n) is 7.75. The van der Waals surface area contributed by atoms with Crippen molar-refractivity contribution in [3.63, 3.8) is 0 Å². The minimum absolute atomic E-state index is 0.0421. The summed E-state index contributed by atoms with van der Waals surface area (Å²) in [6, 6.07) is 11.5. The van der Waals surface area contributed by atoms with Crippen LogP contribution in [0.2, 0.25) is 5.02 Å². The van der Waals surface area contributed by atoms with E-state index in [4.69, 9.17) is 16.3 Å². The number of carbonyl (C=O) groups excluding carboxylic acids is 1. The molecule has 132 valence electrons. The zero-order valence-corrected chi connectivity index (χ0v) is 14.7. The highest BCUT2D eigenvalue weighted by atomic mass is 35.5. The van der Waals surface area contributed by atoms with Crippen molar-refractivity contribution in [3.05, 3.63) is 53.1 Å². The van der Waals surface area contributed by atoms with Crippen LogP contribution in [0.1, 0.15) is 18.9 Å². The van der Waals surface area contributed by atoms with Gasteiger partial charge in [0.1, 0.15) is 6.04 Å². The Labute approximate surface area is 151 Å². The molecule has 2 aromatic carbocycles. The first-order valence-corrected chi connectivity index (χ1v) is 8.13. The molecule has 0 aliphatic carbocycles. The molecule has 2 aromatic rings. The van der Waals surface area contributed by atoms with Gasteiger partial charge in [-0.25, -0.2) is 5.43 Å². The molecule has 2 rings (SSSR count). The zero-order chi connectivity index (χ0) is 18.2. The van der Waals surface area contributed by atoms with Crippen molar-refractivity contribution in [2.24, 2.45) is 5.10 Å². The number of carbonyl (C=O) groups is 1. The Balaban J connectivity index is 1.97. The summed E-state index contributed by atoms with van der Waals surface area (Å²) < 4.78 is 5.02. The Bertz CT molecular complexity index is 765. The van der Waals surface area contributed by atoms with E-state index in [9.17, 15) is 9.90 Å². The van der Waals surface area contributed by atoms with Gasteiger partial charge in [-0.3, -0.25) is 4.79 Å². The number of hydrogen-bond acceptors (Lipinski definition) is 5. The van der Waals surface area contributed by atoms with E-state index < -0.39 is 6.04 Å². The fourth-order valence-corrected chi connectivity index (χ4v) is 2.35. The Morgan fingerprint density at radius 1 is 1.36 bits per heavy atom. The second kappa shape index (κ2) is 8.94. The van der Waals surface area contributed by atoms with Gasteiger partial charge in [-0.05, 0) is 48.4 Å². The maximum atomic E-state index is 12.2. The normalized spacial score (nSPS) is 12.0. The van der Waals surface area contributed by atoms with Gasteiger partial charge in [0.15, 0.2) is 11.5 Å². The van der Waals surface area contributed by atoms with Crippen molar-refractivity contribution in [3.8, 4) is 11.5 Å². The van der Waals surface area contributed by atoms with Crippen molar-refractivity contribution < 1.29 is 14.6 Å². The predicted octanol–water partition coefficient (Wildman–Crippen LogP) is 3.40. The lowest BCUT2D eigenvalue weighted by molar-refractivity contribution is -0.121. The molecular formula is C18H20ClN3O3. The summed E-state index contributed by atoms with van der Waals surface area (Å²) in [4.78, 5) is 12.2. The Morgan fingerprint density at radius 3 is 2.84 bits per heavy atom. The number of amides is 1. The van der Waals surface area contributed by atoms with E-state index in [1.54, 1.807) is 24.3 Å². The molecule has 0 aliphatic heterocycles. The minimum atomic E-state index is -0.440. The lowest BCUT2D eigenvalue weighted by atomic mass is 10.2. The van der Waals surface area contributed by atoms with Gasteiger partial charge < -0.3 is 15.2 Å². The molecule has 0 bridgehead atoms. The molecular weight excluding hydrogens is 342 g/mol. The van der Waals surface area contributed by atoms with Crippen LogP contribution in [0.4, 0.5) is 5.69 Å². The molecule has 0 aromatic heterocycles. The van der Waals surface area contributed by atoms with Crippen LogP contribution in [0.3, 0.4) is 0 Å². The van der Waals surface area contributed by atoms with E-state index >= 15 is 0 Å². The third kappa shape index (κ3) is 5.39. The molecule has 0 spiro atoms. The Morgan fingerprint density at radius 2 is 2.16 bits per heavy atom. The van der Waals surface area contributed by atoms with Crippen LogP contribution in [0.15, 0.2) is 47.6 Å². The quantitative estimate of drug-likeness (QED) is 0.521. The summed E-state index contributed by atoms with van der Waals surface area (Å²) in [6.45, 7) is 1.90. The first-order chi connectivity index (χ1) is 12.0. The third-order valence-corrected chi connectivity index (χ3v) is 3.72. The molecule has 0 saturated carbocycles. The van der Waals surface area contributed by atoms with Gasteiger partial charge in [0.2, 0.25) is 0 Å². The summed E-state index contributed by atoms with van der Waals surface area (Å²) >= 11 is 5.95. The van der Waals surface area contributed by atoms with Crippen molar-refractivity contribution in [1.29, 1.82) is 0 Å². The van der Waals surface area contributed by atoms with Gasteiger partial charge in [-0.2, -0.15) is 5.10 Å². The van der Waals surface area contributed by atoms with Crippen LogP contribution in [0, 0.1) is 0 Å². The number of nitrogens with one attached hydrogen (secondary N) is 2. The molecule has 25 heavy (non-hydrogen) atoms. The number of benzene rings is 2. The van der Waals surface area contributed by atoms with Crippen molar-refractivity contribution in [2.45, 2.75) is 19.4 Å². The largest absolute Gasteiger partial charge is 0.504 e. The standard InChI is InChI=1S/C18H20ClN3O3/c1-3-15(21-14-6-4-5-13(19)10-14)18(24)22-20-11-12-7-8-16(23)17(9-12)25-2/h4-11,15,21,23H,3H2,1-2H3,(H,22,24)/b20-11-/t15-/m0/s1. The molecule has 0 unspecified atom stereocenters. The molecule has 1 amide bonds. The predicted molar refractivity (Wildman–Crippen MR) is 99.5 cm³/mol. The summed E-state index contributed by atoms with van der Waals surface area (Å²) in [6.07, 6.45) is 2.06. The molecule has 0 aliphatic rings. The fraction of sp³-hybridized carbons (Fsp3) is 0.222. The molecule has 7 heteroatoms. The van der Waals surface area contributed by atoms with E-state index in [0.717, 1.165) is 5.69 Å². The lowest BCUT2D eigenvalue weighted by Crippen LogP contribution is -2.36. The van der Waals surface area contributed by atoms with E-state index in [1.807, 2.05) is 19.1 Å². The number of anilines is 1. The molecule has 6 nitrogen and oxygen atoms in total. The highest BCUT2D eigenvalue weighted by Crippen LogP contribution is 2.25. The molecule has 0 fully saturated rings. The Hall–Kier alpha value is -2.73. The number of phenolic OH excluding ortho intramolecular Hbond substituents is 1. The number of hydrogen-bond donors (Lipinski definition) is 3. The van der Waals surface area contributed by atoms with Gasteiger partial charge in [-0.15, -0.1) is 0 Å². The summed E-state index contributed by atoms with van der Waals surface area (Å²) in [7, 11) is 1.46. The van der Waals surface area contributed by atoms with Gasteiger partial charge in [0.25, 0.3) is 5.91 Å². The monoisotopic (exact) mass is 361 g/mol. The third-order valence-electron chi connectivity index (χ3n) is 3.48. The fourth-order valence-electron chi connectivity index (χ4n) is 2.16. The lowest BCUT2D eigenvalue weighted by Gasteiger charge is -2.16. The molecule has 0 radical (unpaired) electrons. The number of ether oxygens (including phenoxy) is 1. The molecule has 3 N–H and O–H groups in total. The molecule has 0 heterocycles. The van der Waals surface area contributed by atoms with Crippen molar-refractivity contribution in [1.82, 2.24) is 5.43 Å². The second-order valence-electron chi connectivity index (χ2n) is 5.28. The van der Waals surface area contributed by atoms with Crippen LogP contribution < -0.4 is 15.5 Å². The number of rotatable bonds is 7. The molecule has 0 saturated heterocycles. The van der Waals surface area contributed by atoms with Crippen LogP contribution >= 0.6 is 11.6 Å². The topological polar surface area (TPSA) is 83.0 Å². The average Bonchev–Trinajstić information content (AvgIpc) is 2.61. The number of phenols is 1. The van der Waals surface area contributed by atoms with Gasteiger partial charge >= 0.3 is 0 Å². The maximum Gasteiger partial charge on any atom is 0.262 e. The summed E-state index contributed by atoms with van der Waals surface area (Å²) in [5.41, 5.74) is 3.95. The SMILES string of the molecule is CC[C@H](Nc1cccc(Cl)c1)C(=O)N/N=C\c1ccc(O)c(OC)c1. The van der Waals surface area contributed by atoms with Crippen molar-refractivity contribution in [2.75, 3.05) is 12.4 Å². The number of nitrogens with zero attached hydrogens (tertiary/aromatic N) is 1. The highest BCUT2D eigenvalue weighted by molar-refractivity contribution is 6.30. The number of hydrazone groups is 1.